The van der Waals surface area contributed by atoms with Crippen LogP contribution in [0.25, 0.3) is 0 Å². The van der Waals surface area contributed by atoms with E-state index in [1.807, 2.05) is 26.0 Å². The minimum absolute atomic E-state index is 0.0947. The summed E-state index contributed by atoms with van der Waals surface area (Å²) in [5.74, 6) is 1.33. The summed E-state index contributed by atoms with van der Waals surface area (Å²) in [5, 5.41) is 0. The van der Waals surface area contributed by atoms with Crippen LogP contribution in [0.2, 0.25) is 0 Å². The lowest BCUT2D eigenvalue weighted by atomic mass is 9.82. The lowest BCUT2D eigenvalue weighted by Gasteiger charge is -2.41. The van der Waals surface area contributed by atoms with E-state index in [0.29, 0.717) is 38.3 Å². The van der Waals surface area contributed by atoms with Crippen molar-refractivity contribution in [1.29, 1.82) is 0 Å². The van der Waals surface area contributed by atoms with Gasteiger partial charge in [-0.05, 0) is 62.1 Å². The average molecular weight is 526 g/mol. The third-order valence-electron chi connectivity index (χ3n) is 7.08. The summed E-state index contributed by atoms with van der Waals surface area (Å²) in [7, 11) is -0.662. The molecule has 9 nitrogen and oxygen atoms in total. The summed E-state index contributed by atoms with van der Waals surface area (Å²) >= 11 is 0. The van der Waals surface area contributed by atoms with Gasteiger partial charge in [0.1, 0.15) is 5.75 Å². The Morgan fingerprint density at radius 1 is 1.00 bits per heavy atom. The van der Waals surface area contributed by atoms with Gasteiger partial charge >= 0.3 is 6.09 Å². The molecule has 36 heavy (non-hydrogen) atoms. The zero-order valence-corrected chi connectivity index (χ0v) is 23.0. The first kappa shape index (κ1) is 28.7. The second kappa shape index (κ2) is 13.6. The molecule has 1 saturated carbocycles. The smallest absolute Gasteiger partial charge is 0.410 e. The van der Waals surface area contributed by atoms with Crippen molar-refractivity contribution in [3.8, 4) is 5.75 Å². The number of rotatable bonds is 3. The largest absolute Gasteiger partial charge is 0.493 e. The number of nitrogens with zero attached hydrogens (tertiary/aromatic N) is 2. The van der Waals surface area contributed by atoms with Crippen molar-refractivity contribution in [3.63, 3.8) is 0 Å². The minimum Gasteiger partial charge on any atom is -0.493 e. The van der Waals surface area contributed by atoms with Crippen LogP contribution in [0.5, 0.6) is 5.75 Å². The van der Waals surface area contributed by atoms with Gasteiger partial charge < -0.3 is 19.1 Å². The van der Waals surface area contributed by atoms with Crippen LogP contribution in [0.3, 0.4) is 0 Å². The molecule has 1 aliphatic carbocycles. The first-order valence-corrected chi connectivity index (χ1v) is 14.7. The standard InChI is InChI=1S/C24H37N3O6S.C2H6/c1-26(2)34(29,30)25-22-8-4-13-27-23(22)17-33-20-11-9-18(10-12-20)19-6-3-7-21(16-19)31-14-5-15-32-24(27)28;1-2/h3,6-7,16,18,20,22-23,25H,4-5,8-15,17H2,1-2H3;1-2H3. The van der Waals surface area contributed by atoms with E-state index in [4.69, 9.17) is 14.2 Å². The summed E-state index contributed by atoms with van der Waals surface area (Å²) in [4.78, 5) is 14.6. The Morgan fingerprint density at radius 2 is 1.72 bits per heavy atom. The fourth-order valence-corrected chi connectivity index (χ4v) is 5.94. The molecule has 0 spiro atoms. The van der Waals surface area contributed by atoms with Crippen molar-refractivity contribution in [2.45, 2.75) is 82.9 Å². The van der Waals surface area contributed by atoms with E-state index in [1.165, 1.54) is 19.7 Å². The topological polar surface area (TPSA) is 97.4 Å². The molecule has 2 atom stereocenters. The van der Waals surface area contributed by atoms with E-state index in [9.17, 15) is 13.2 Å². The van der Waals surface area contributed by atoms with E-state index in [0.717, 1.165) is 35.7 Å². The van der Waals surface area contributed by atoms with Crippen LogP contribution in [-0.2, 0) is 19.7 Å². The maximum Gasteiger partial charge on any atom is 0.410 e. The highest BCUT2D eigenvalue weighted by Crippen LogP contribution is 2.35. The monoisotopic (exact) mass is 525 g/mol. The Bertz CT molecular complexity index is 933. The number of hydrogen-bond donors (Lipinski definition) is 1. The Labute approximate surface area is 216 Å². The predicted molar refractivity (Wildman–Crippen MR) is 139 cm³/mol. The van der Waals surface area contributed by atoms with Crippen molar-refractivity contribution in [2.24, 2.45) is 0 Å². The van der Waals surface area contributed by atoms with Gasteiger partial charge in [-0.2, -0.15) is 17.4 Å². The molecule has 0 radical (unpaired) electrons. The first-order valence-electron chi connectivity index (χ1n) is 13.3. The fraction of sp³-hybridized carbons (Fsp3) is 0.731. The molecule has 1 aromatic carbocycles. The molecule has 5 rings (SSSR count). The molecule has 204 valence electrons. The molecule has 3 aliphatic heterocycles. The van der Waals surface area contributed by atoms with Gasteiger partial charge in [-0.3, -0.25) is 0 Å². The second-order valence-corrected chi connectivity index (χ2v) is 11.5. The highest BCUT2D eigenvalue weighted by Gasteiger charge is 2.38. The van der Waals surface area contributed by atoms with Crippen LogP contribution >= 0.6 is 0 Å². The highest BCUT2D eigenvalue weighted by molar-refractivity contribution is 7.87. The number of hydrogen-bond acceptors (Lipinski definition) is 6. The molecule has 1 amide bonds. The number of ether oxygens (including phenoxy) is 3. The molecule has 1 aromatic rings. The van der Waals surface area contributed by atoms with Crippen molar-refractivity contribution < 1.29 is 27.4 Å². The van der Waals surface area contributed by atoms with Crippen LogP contribution in [0.15, 0.2) is 24.3 Å². The van der Waals surface area contributed by atoms with Crippen LogP contribution in [0, 0.1) is 0 Å². The van der Waals surface area contributed by atoms with Gasteiger partial charge in [0.05, 0.1) is 32.0 Å². The zero-order valence-electron chi connectivity index (χ0n) is 22.1. The van der Waals surface area contributed by atoms with Gasteiger partial charge in [0, 0.05) is 33.1 Å². The van der Waals surface area contributed by atoms with Crippen molar-refractivity contribution in [2.75, 3.05) is 40.5 Å². The Hall–Kier alpha value is -1.88. The first-order chi connectivity index (χ1) is 17.3. The Morgan fingerprint density at radius 3 is 2.44 bits per heavy atom. The zero-order chi connectivity index (χ0) is 26.1. The summed E-state index contributed by atoms with van der Waals surface area (Å²) in [5.41, 5.74) is 1.29. The van der Waals surface area contributed by atoms with Gasteiger partial charge in [-0.25, -0.2) is 4.79 Å². The van der Waals surface area contributed by atoms with E-state index in [2.05, 4.69) is 16.9 Å². The lowest BCUT2D eigenvalue weighted by molar-refractivity contribution is -0.0268. The van der Waals surface area contributed by atoms with Crippen molar-refractivity contribution in [1.82, 2.24) is 13.9 Å². The van der Waals surface area contributed by atoms with Gasteiger partial charge in [-0.15, -0.1) is 0 Å². The summed E-state index contributed by atoms with van der Waals surface area (Å²) < 4.78 is 46.8. The third kappa shape index (κ3) is 7.57. The maximum atomic E-state index is 13.0. The summed E-state index contributed by atoms with van der Waals surface area (Å²) in [6.45, 7) is 5.50. The summed E-state index contributed by atoms with van der Waals surface area (Å²) in [6, 6.07) is 7.43. The number of carbonyl (C=O) groups is 1. The molecular formula is C26H43N3O6S. The Balaban J connectivity index is 0.00000176. The van der Waals surface area contributed by atoms with E-state index in [1.54, 1.807) is 4.90 Å². The number of amides is 1. The number of carbonyl (C=O) groups excluding carboxylic acids is 1. The molecule has 0 aromatic heterocycles. The molecule has 1 N–H and O–H groups in total. The quantitative estimate of drug-likeness (QED) is 0.643. The lowest BCUT2D eigenvalue weighted by Crippen LogP contribution is -2.60. The average Bonchev–Trinajstić information content (AvgIpc) is 2.88. The number of fused-ring (bicyclic) bond motifs is 8. The van der Waals surface area contributed by atoms with Gasteiger partial charge in [0.25, 0.3) is 10.2 Å². The SMILES string of the molecule is CC.CN(C)S(=O)(=O)NC1CCCN2C(=O)OCCCOc3cccc(c3)C3CCC(CC3)OCC12. The van der Waals surface area contributed by atoms with E-state index >= 15 is 0 Å². The number of benzene rings is 1. The fourth-order valence-electron chi connectivity index (χ4n) is 5.07. The minimum atomic E-state index is -3.64. The molecule has 4 aliphatic rings. The number of piperidine rings is 1. The van der Waals surface area contributed by atoms with E-state index in [-0.39, 0.29) is 19.3 Å². The molecule has 1 saturated heterocycles. The third-order valence-corrected chi connectivity index (χ3v) is 8.65. The van der Waals surface area contributed by atoms with Gasteiger partial charge in [0.2, 0.25) is 0 Å². The van der Waals surface area contributed by atoms with E-state index < -0.39 is 28.4 Å². The molecule has 4 bridgehead atoms. The van der Waals surface area contributed by atoms with Crippen LogP contribution < -0.4 is 9.46 Å². The van der Waals surface area contributed by atoms with Crippen molar-refractivity contribution >= 4 is 16.3 Å². The van der Waals surface area contributed by atoms with Crippen LogP contribution in [0.4, 0.5) is 4.79 Å². The second-order valence-electron chi connectivity index (χ2n) is 9.61. The van der Waals surface area contributed by atoms with Crippen LogP contribution in [-0.4, -0.2) is 82.4 Å². The normalized spacial score (nSPS) is 27.7. The Kier molecular flexibility index (Phi) is 10.8. The van der Waals surface area contributed by atoms with Gasteiger partial charge in [0.15, 0.2) is 0 Å². The summed E-state index contributed by atoms with van der Waals surface area (Å²) in [6.07, 6.45) is 5.49. The molecule has 10 heteroatoms. The maximum absolute atomic E-state index is 13.0. The van der Waals surface area contributed by atoms with Crippen LogP contribution in [0.1, 0.15) is 70.3 Å². The molecule has 3 heterocycles. The molecule has 2 unspecified atom stereocenters. The van der Waals surface area contributed by atoms with Crippen molar-refractivity contribution in [3.05, 3.63) is 29.8 Å². The molecule has 2 fully saturated rings. The predicted octanol–water partition coefficient (Wildman–Crippen LogP) is 3.90. The molecular weight excluding hydrogens is 482 g/mol. The number of nitrogens with one attached hydrogen (secondary N) is 1. The van der Waals surface area contributed by atoms with Gasteiger partial charge in [-0.1, -0.05) is 26.0 Å². The highest BCUT2D eigenvalue weighted by atomic mass is 32.2.